The lowest BCUT2D eigenvalue weighted by atomic mass is 10.1. The molecule has 0 aliphatic carbocycles. The SMILES string of the molecule is CC(C)NS(=O)(=O)c1ccc(C(=O)NCc2cccc(C(F)(F)F)c2)cc1. The van der Waals surface area contributed by atoms with Gasteiger partial charge in [0.2, 0.25) is 10.0 Å². The van der Waals surface area contributed by atoms with Gasteiger partial charge in [0.25, 0.3) is 5.91 Å². The zero-order valence-electron chi connectivity index (χ0n) is 14.7. The number of alkyl halides is 3. The van der Waals surface area contributed by atoms with Crippen molar-refractivity contribution in [3.8, 4) is 0 Å². The first kappa shape index (κ1) is 20.9. The number of nitrogens with one attached hydrogen (secondary N) is 2. The smallest absolute Gasteiger partial charge is 0.348 e. The molecule has 0 atom stereocenters. The molecule has 146 valence electrons. The number of carbonyl (C=O) groups excluding carboxylic acids is 1. The fraction of sp³-hybridized carbons (Fsp3) is 0.278. The Kier molecular flexibility index (Phi) is 6.27. The third-order valence-corrected chi connectivity index (χ3v) is 5.20. The highest BCUT2D eigenvalue weighted by Gasteiger charge is 2.30. The fourth-order valence-corrected chi connectivity index (χ4v) is 3.56. The summed E-state index contributed by atoms with van der Waals surface area (Å²) in [7, 11) is -3.66. The van der Waals surface area contributed by atoms with Crippen molar-refractivity contribution in [2.75, 3.05) is 0 Å². The van der Waals surface area contributed by atoms with Gasteiger partial charge in [-0.2, -0.15) is 13.2 Å². The summed E-state index contributed by atoms with van der Waals surface area (Å²) in [5.74, 6) is -0.520. The molecule has 2 aromatic carbocycles. The van der Waals surface area contributed by atoms with Crippen LogP contribution in [-0.4, -0.2) is 20.4 Å². The summed E-state index contributed by atoms with van der Waals surface area (Å²) in [5.41, 5.74) is -0.287. The van der Waals surface area contributed by atoms with Gasteiger partial charge in [-0.15, -0.1) is 0 Å². The van der Waals surface area contributed by atoms with Crippen molar-refractivity contribution in [1.82, 2.24) is 10.0 Å². The van der Waals surface area contributed by atoms with Crippen LogP contribution in [0, 0.1) is 0 Å². The summed E-state index contributed by atoms with van der Waals surface area (Å²) >= 11 is 0. The van der Waals surface area contributed by atoms with E-state index in [1.807, 2.05) is 0 Å². The molecule has 0 aliphatic heterocycles. The van der Waals surface area contributed by atoms with E-state index in [9.17, 15) is 26.4 Å². The molecule has 0 fully saturated rings. The van der Waals surface area contributed by atoms with Gasteiger partial charge < -0.3 is 5.32 Å². The van der Waals surface area contributed by atoms with E-state index in [0.29, 0.717) is 5.56 Å². The molecule has 0 spiro atoms. The molecule has 27 heavy (non-hydrogen) atoms. The lowest BCUT2D eigenvalue weighted by molar-refractivity contribution is -0.137. The summed E-state index contributed by atoms with van der Waals surface area (Å²) in [6.07, 6.45) is -4.45. The number of benzene rings is 2. The van der Waals surface area contributed by atoms with E-state index in [0.717, 1.165) is 12.1 Å². The van der Waals surface area contributed by atoms with E-state index in [1.54, 1.807) is 13.8 Å². The van der Waals surface area contributed by atoms with E-state index >= 15 is 0 Å². The predicted octanol–water partition coefficient (Wildman–Crippen LogP) is 3.32. The first-order valence-corrected chi connectivity index (χ1v) is 9.54. The van der Waals surface area contributed by atoms with Gasteiger partial charge in [-0.05, 0) is 55.8 Å². The predicted molar refractivity (Wildman–Crippen MR) is 94.5 cm³/mol. The maximum absolute atomic E-state index is 12.7. The Hall–Kier alpha value is -2.39. The standard InChI is InChI=1S/C18H19F3N2O3S/c1-12(2)23-27(25,26)16-8-6-14(7-9-16)17(24)22-11-13-4-3-5-15(10-13)18(19,20)21/h3-10,12,23H,11H2,1-2H3,(H,22,24). The molecule has 1 amide bonds. The topological polar surface area (TPSA) is 75.3 Å². The monoisotopic (exact) mass is 400 g/mol. The molecule has 0 heterocycles. The molecular formula is C18H19F3N2O3S. The number of sulfonamides is 1. The Bertz CT molecular complexity index is 908. The average Bonchev–Trinajstić information content (AvgIpc) is 2.58. The summed E-state index contributed by atoms with van der Waals surface area (Å²) in [6.45, 7) is 3.29. The van der Waals surface area contributed by atoms with Gasteiger partial charge in [-0.3, -0.25) is 4.79 Å². The van der Waals surface area contributed by atoms with Crippen LogP contribution in [0.25, 0.3) is 0 Å². The molecule has 0 aromatic heterocycles. The molecule has 2 N–H and O–H groups in total. The number of hydrogen-bond donors (Lipinski definition) is 2. The van der Waals surface area contributed by atoms with Crippen LogP contribution in [0.3, 0.4) is 0 Å². The van der Waals surface area contributed by atoms with Crippen molar-refractivity contribution in [2.45, 2.75) is 37.5 Å². The Labute approximate surface area is 155 Å². The number of halogens is 3. The molecule has 0 bridgehead atoms. The first-order valence-electron chi connectivity index (χ1n) is 8.06. The molecule has 5 nitrogen and oxygen atoms in total. The number of hydrogen-bond acceptors (Lipinski definition) is 3. The highest BCUT2D eigenvalue weighted by atomic mass is 32.2. The molecular weight excluding hydrogens is 381 g/mol. The van der Waals surface area contributed by atoms with Crippen LogP contribution < -0.4 is 10.0 Å². The third kappa shape index (κ3) is 5.80. The maximum atomic E-state index is 12.7. The second-order valence-electron chi connectivity index (χ2n) is 6.18. The van der Waals surface area contributed by atoms with E-state index in [2.05, 4.69) is 10.0 Å². The van der Waals surface area contributed by atoms with Gasteiger partial charge in [0.15, 0.2) is 0 Å². The molecule has 0 unspecified atom stereocenters. The Morgan fingerprint density at radius 2 is 1.70 bits per heavy atom. The lowest BCUT2D eigenvalue weighted by Crippen LogP contribution is -2.30. The molecule has 0 saturated carbocycles. The number of amides is 1. The van der Waals surface area contributed by atoms with Crippen molar-refractivity contribution >= 4 is 15.9 Å². The third-order valence-electron chi connectivity index (χ3n) is 3.53. The molecule has 2 rings (SSSR count). The van der Waals surface area contributed by atoms with Gasteiger partial charge in [-0.25, -0.2) is 13.1 Å². The quantitative estimate of drug-likeness (QED) is 0.781. The average molecular weight is 400 g/mol. The van der Waals surface area contributed by atoms with Crippen LogP contribution >= 0.6 is 0 Å². The highest BCUT2D eigenvalue weighted by molar-refractivity contribution is 7.89. The van der Waals surface area contributed by atoms with Crippen molar-refractivity contribution in [2.24, 2.45) is 0 Å². The van der Waals surface area contributed by atoms with Crippen molar-refractivity contribution < 1.29 is 26.4 Å². The second-order valence-corrected chi connectivity index (χ2v) is 7.90. The van der Waals surface area contributed by atoms with Crippen molar-refractivity contribution in [3.63, 3.8) is 0 Å². The number of rotatable bonds is 6. The molecule has 0 radical (unpaired) electrons. The van der Waals surface area contributed by atoms with E-state index in [1.165, 1.54) is 36.4 Å². The molecule has 0 aliphatic rings. The van der Waals surface area contributed by atoms with Crippen LogP contribution in [0.15, 0.2) is 53.4 Å². The van der Waals surface area contributed by atoms with E-state index in [4.69, 9.17) is 0 Å². The summed E-state index contributed by atoms with van der Waals surface area (Å²) in [5, 5.41) is 2.51. The van der Waals surface area contributed by atoms with Crippen LogP contribution in [0.4, 0.5) is 13.2 Å². The molecule has 0 saturated heterocycles. The lowest BCUT2D eigenvalue weighted by Gasteiger charge is -2.11. The first-order chi connectivity index (χ1) is 12.5. The van der Waals surface area contributed by atoms with Crippen LogP contribution in [0.5, 0.6) is 0 Å². The fourth-order valence-electron chi connectivity index (χ4n) is 2.31. The largest absolute Gasteiger partial charge is 0.416 e. The number of carbonyl (C=O) groups is 1. The minimum Gasteiger partial charge on any atom is -0.348 e. The van der Waals surface area contributed by atoms with Gasteiger partial charge in [0.1, 0.15) is 0 Å². The molecule has 2 aromatic rings. The van der Waals surface area contributed by atoms with Crippen molar-refractivity contribution in [3.05, 3.63) is 65.2 Å². The second kappa shape index (κ2) is 8.10. The van der Waals surface area contributed by atoms with Gasteiger partial charge >= 0.3 is 6.18 Å². The van der Waals surface area contributed by atoms with Gasteiger partial charge in [0, 0.05) is 18.2 Å². The minimum atomic E-state index is -4.45. The normalized spacial score (nSPS) is 12.2. The van der Waals surface area contributed by atoms with E-state index < -0.39 is 27.7 Å². The summed E-state index contributed by atoms with van der Waals surface area (Å²) in [4.78, 5) is 12.2. The van der Waals surface area contributed by atoms with Crippen LogP contribution in [0.2, 0.25) is 0 Å². The summed E-state index contributed by atoms with van der Waals surface area (Å²) < 4.78 is 64.6. The summed E-state index contributed by atoms with van der Waals surface area (Å²) in [6, 6.07) is 9.67. The van der Waals surface area contributed by atoms with Crippen LogP contribution in [0.1, 0.15) is 35.3 Å². The van der Waals surface area contributed by atoms with Gasteiger partial charge in [0.05, 0.1) is 10.5 Å². The van der Waals surface area contributed by atoms with E-state index in [-0.39, 0.29) is 23.0 Å². The highest BCUT2D eigenvalue weighted by Crippen LogP contribution is 2.29. The van der Waals surface area contributed by atoms with Crippen LogP contribution in [-0.2, 0) is 22.7 Å². The Balaban J connectivity index is 2.05. The minimum absolute atomic E-state index is 0.0191. The van der Waals surface area contributed by atoms with Gasteiger partial charge in [-0.1, -0.05) is 12.1 Å². The maximum Gasteiger partial charge on any atom is 0.416 e. The molecule has 9 heteroatoms. The van der Waals surface area contributed by atoms with Crippen molar-refractivity contribution in [1.29, 1.82) is 0 Å². The Morgan fingerprint density at radius 1 is 1.07 bits per heavy atom. The Morgan fingerprint density at radius 3 is 2.26 bits per heavy atom. The zero-order valence-corrected chi connectivity index (χ0v) is 15.5. The zero-order chi connectivity index (χ0) is 20.2.